The number of amides is 4. The van der Waals surface area contributed by atoms with Crippen molar-refractivity contribution in [1.82, 2.24) is 40.4 Å². The van der Waals surface area contributed by atoms with E-state index in [9.17, 15) is 19.2 Å². The van der Waals surface area contributed by atoms with E-state index in [0.29, 0.717) is 37.3 Å². The molecule has 2 aliphatic carbocycles. The van der Waals surface area contributed by atoms with Crippen LogP contribution in [0.25, 0.3) is 44.5 Å². The molecule has 5 aromatic rings. The van der Waals surface area contributed by atoms with Crippen molar-refractivity contribution >= 4 is 35.0 Å². The quantitative estimate of drug-likeness (QED) is 0.0899. The van der Waals surface area contributed by atoms with Crippen molar-refractivity contribution in [3.63, 3.8) is 0 Å². The monoisotopic (exact) mass is 894 g/mol. The van der Waals surface area contributed by atoms with Gasteiger partial charge in [-0.1, -0.05) is 96.2 Å². The molecule has 346 valence electrons. The van der Waals surface area contributed by atoms with Crippen molar-refractivity contribution in [3.8, 4) is 33.5 Å². The molecule has 0 radical (unpaired) electrons. The van der Waals surface area contributed by atoms with Crippen molar-refractivity contribution in [2.45, 2.75) is 103 Å². The first-order valence-electron chi connectivity index (χ1n) is 23.5. The Morgan fingerprint density at radius 1 is 0.712 bits per heavy atom. The Labute approximate surface area is 386 Å². The molecule has 4 amide bonds. The number of rotatable bonds is 12. The molecule has 14 heteroatoms. The van der Waals surface area contributed by atoms with Gasteiger partial charge in [-0.25, -0.2) is 19.6 Å². The van der Waals surface area contributed by atoms with Crippen LogP contribution in [-0.2, 0) is 25.5 Å². The maximum absolute atomic E-state index is 13.8. The summed E-state index contributed by atoms with van der Waals surface area (Å²) in [5.41, 5.74) is 11.3. The van der Waals surface area contributed by atoms with E-state index < -0.39 is 24.3 Å². The summed E-state index contributed by atoms with van der Waals surface area (Å²) in [6, 6.07) is 18.0. The van der Waals surface area contributed by atoms with Crippen LogP contribution in [0.3, 0.4) is 0 Å². The predicted octanol–water partition coefficient (Wildman–Crippen LogP) is 8.88. The first-order chi connectivity index (χ1) is 31.7. The number of imidazole rings is 2. The third-order valence-electron chi connectivity index (χ3n) is 14.3. The fourth-order valence-electron chi connectivity index (χ4n) is 11.0. The van der Waals surface area contributed by atoms with Gasteiger partial charge in [0.1, 0.15) is 23.7 Å². The van der Waals surface area contributed by atoms with Crippen LogP contribution in [-0.4, -0.2) is 99.2 Å². The second-order valence-electron chi connectivity index (χ2n) is 19.7. The number of carbonyl (C=O) groups excluding carboxylic acids is 4. The van der Waals surface area contributed by atoms with Crippen molar-refractivity contribution in [2.75, 3.05) is 27.3 Å². The minimum Gasteiger partial charge on any atom is -0.453 e. The van der Waals surface area contributed by atoms with E-state index in [2.05, 4.69) is 101 Å². The van der Waals surface area contributed by atoms with Gasteiger partial charge in [-0.3, -0.25) is 9.59 Å². The van der Waals surface area contributed by atoms with Gasteiger partial charge in [-0.05, 0) is 94.0 Å². The number of aromatic nitrogens is 4. The van der Waals surface area contributed by atoms with Crippen LogP contribution in [0.5, 0.6) is 0 Å². The third-order valence-corrected chi connectivity index (χ3v) is 14.3. The van der Waals surface area contributed by atoms with Gasteiger partial charge in [0.25, 0.3) is 0 Å². The summed E-state index contributed by atoms with van der Waals surface area (Å²) in [4.78, 5) is 72.6. The summed E-state index contributed by atoms with van der Waals surface area (Å²) in [7, 11) is 2.61. The lowest BCUT2D eigenvalue weighted by Crippen LogP contribution is -2.52. The summed E-state index contributed by atoms with van der Waals surface area (Å²) in [6.07, 6.45) is 8.65. The van der Waals surface area contributed by atoms with Crippen LogP contribution in [0.4, 0.5) is 9.59 Å². The van der Waals surface area contributed by atoms with Crippen molar-refractivity contribution in [1.29, 1.82) is 0 Å². The average molecular weight is 895 g/mol. The summed E-state index contributed by atoms with van der Waals surface area (Å²) in [6.45, 7) is 13.2. The second-order valence-corrected chi connectivity index (χ2v) is 19.7. The molecule has 2 saturated heterocycles. The topological polar surface area (TPSA) is 175 Å². The Morgan fingerprint density at radius 2 is 1.27 bits per heavy atom. The minimum atomic E-state index is -0.700. The number of nitrogens with one attached hydrogen (secondary N) is 4. The molecule has 8 atom stereocenters. The lowest BCUT2D eigenvalue weighted by Gasteiger charge is -2.30. The Morgan fingerprint density at radius 3 is 1.89 bits per heavy atom. The van der Waals surface area contributed by atoms with Crippen LogP contribution >= 0.6 is 0 Å². The summed E-state index contributed by atoms with van der Waals surface area (Å²) in [5.74, 6) is 2.47. The molecule has 2 bridgehead atoms. The Bertz CT molecular complexity index is 2680. The van der Waals surface area contributed by atoms with Gasteiger partial charge < -0.3 is 39.9 Å². The van der Waals surface area contributed by atoms with E-state index in [1.807, 2.05) is 43.7 Å². The number of allylic oxidation sites excluding steroid dienone is 2. The highest BCUT2D eigenvalue weighted by Gasteiger charge is 2.42. The van der Waals surface area contributed by atoms with E-state index >= 15 is 0 Å². The third kappa shape index (κ3) is 8.46. The maximum Gasteiger partial charge on any atom is 0.407 e. The van der Waals surface area contributed by atoms with E-state index in [4.69, 9.17) is 19.4 Å². The van der Waals surface area contributed by atoms with Crippen LogP contribution < -0.4 is 10.6 Å². The molecule has 4 heterocycles. The summed E-state index contributed by atoms with van der Waals surface area (Å²) >= 11 is 0. The number of hydrogen-bond donors (Lipinski definition) is 4. The number of alkyl carbamates (subject to hydrolysis) is 2. The highest BCUT2D eigenvalue weighted by Crippen LogP contribution is 2.55. The number of likely N-dealkylation sites (tertiary alicyclic amines) is 2. The van der Waals surface area contributed by atoms with E-state index in [1.165, 1.54) is 36.5 Å². The zero-order valence-electron chi connectivity index (χ0n) is 39.2. The van der Waals surface area contributed by atoms with Gasteiger partial charge in [0.05, 0.1) is 43.2 Å². The van der Waals surface area contributed by atoms with Crippen LogP contribution in [0.2, 0.25) is 0 Å². The lowest BCUT2D eigenvalue weighted by atomic mass is 9.84. The number of fused-ring (bicyclic) bond motifs is 6. The molecule has 2 aliphatic heterocycles. The van der Waals surface area contributed by atoms with Crippen LogP contribution in [0, 0.1) is 23.7 Å². The molecular formula is C52H62N8O6. The first kappa shape index (κ1) is 44.7. The Balaban J connectivity index is 0.936. The van der Waals surface area contributed by atoms with Crippen molar-refractivity contribution in [3.05, 3.63) is 95.7 Å². The molecule has 2 fully saturated rings. The standard InChI is InChI=1S/C52H62N8O6/c1-27(2)46(57-51(63)65-7)49(61)59-25-29(5)19-36(59)23-43-54-39-18-15-33(22-40(39)55-43)38-17-16-37(44-34-13-14-35(21-34)45(38)44)31-9-11-32(12-10-31)41-24-53-48(56-41)42-20-30(6)26-60(42)50(62)47(28(3)4)58-52(64)66-8/h9-18,22,24,27-30,34-36,42,46-47H,19-21,23,25-26H2,1-8H3,(H,53,56)(H,54,55)(H,57,63)(H,58,64). The molecule has 4 N–H and O–H groups in total. The number of H-pyrrole nitrogens is 2. The molecule has 2 aromatic heterocycles. The molecule has 14 nitrogen and oxygen atoms in total. The number of nitrogens with zero attached hydrogens (tertiary/aromatic N) is 4. The van der Waals surface area contributed by atoms with Gasteiger partial charge in [0.15, 0.2) is 0 Å². The van der Waals surface area contributed by atoms with Gasteiger partial charge in [0.2, 0.25) is 11.8 Å². The zero-order valence-corrected chi connectivity index (χ0v) is 39.2. The molecule has 3 aromatic carbocycles. The molecule has 0 saturated carbocycles. The summed E-state index contributed by atoms with van der Waals surface area (Å²) in [5, 5.41) is 5.49. The van der Waals surface area contributed by atoms with Gasteiger partial charge in [0, 0.05) is 37.4 Å². The van der Waals surface area contributed by atoms with Crippen molar-refractivity contribution in [2.24, 2.45) is 23.7 Å². The Hall–Kier alpha value is -6.44. The van der Waals surface area contributed by atoms with Crippen molar-refractivity contribution < 1.29 is 28.7 Å². The van der Waals surface area contributed by atoms with Crippen LogP contribution in [0.15, 0.2) is 72.9 Å². The smallest absolute Gasteiger partial charge is 0.407 e. The number of ether oxygens (including phenoxy) is 2. The van der Waals surface area contributed by atoms with E-state index in [0.717, 1.165) is 64.3 Å². The highest BCUT2D eigenvalue weighted by molar-refractivity contribution is 5.89. The SMILES string of the molecule is COC(=O)NC(C(=O)N1CC(C)CC1Cc1nc2ccc(-c3ccc(-c4ccc(-c5cnc(C6CC(C)CN6C(=O)C(NC(=O)OC)C(C)C)[nH]5)cc4)c4c3C3C=CC4C3)cc2[nH]1)C(C)C. The van der Waals surface area contributed by atoms with Gasteiger partial charge in [-0.2, -0.15) is 0 Å². The average Bonchev–Trinajstić information content (AvgIpc) is 4.18. The molecule has 9 rings (SSSR count). The predicted molar refractivity (Wildman–Crippen MR) is 253 cm³/mol. The number of carbonyl (C=O) groups is 4. The van der Waals surface area contributed by atoms with Gasteiger partial charge in [-0.15, -0.1) is 0 Å². The number of methoxy groups -OCH3 is 2. The molecule has 0 spiro atoms. The number of aromatic amines is 2. The highest BCUT2D eigenvalue weighted by atomic mass is 16.5. The fraction of sp³-hybridized carbons (Fsp3) is 0.462. The number of hydrogen-bond acceptors (Lipinski definition) is 8. The largest absolute Gasteiger partial charge is 0.453 e. The minimum absolute atomic E-state index is 0.0386. The first-order valence-corrected chi connectivity index (χ1v) is 23.5. The van der Waals surface area contributed by atoms with Crippen LogP contribution in [0.1, 0.15) is 101 Å². The molecular weight excluding hydrogens is 833 g/mol. The van der Waals surface area contributed by atoms with E-state index in [-0.39, 0.29) is 41.7 Å². The van der Waals surface area contributed by atoms with Gasteiger partial charge >= 0.3 is 12.2 Å². The number of benzene rings is 3. The zero-order chi connectivity index (χ0) is 46.6. The molecule has 8 unspecified atom stereocenters. The summed E-state index contributed by atoms with van der Waals surface area (Å²) < 4.78 is 9.64. The molecule has 4 aliphatic rings. The maximum atomic E-state index is 13.8. The fourth-order valence-corrected chi connectivity index (χ4v) is 11.0. The normalized spacial score (nSPS) is 22.9. The molecule has 66 heavy (non-hydrogen) atoms. The Kier molecular flexibility index (Phi) is 12.3. The van der Waals surface area contributed by atoms with E-state index in [1.54, 1.807) is 0 Å². The lowest BCUT2D eigenvalue weighted by molar-refractivity contribution is -0.136. The second kappa shape index (κ2) is 18.1.